The molecule has 0 radical (unpaired) electrons. The molecule has 0 aromatic heterocycles. The fourth-order valence-corrected chi connectivity index (χ4v) is 5.64. The Labute approximate surface area is 173 Å². The topological polar surface area (TPSA) is 78.5 Å². The first-order valence-electron chi connectivity index (χ1n) is 9.62. The molecule has 3 aliphatic rings. The van der Waals surface area contributed by atoms with E-state index in [1.165, 1.54) is 4.90 Å². The average molecular weight is 422 g/mol. The Morgan fingerprint density at radius 1 is 1.29 bits per heavy atom. The van der Waals surface area contributed by atoms with Crippen molar-refractivity contribution in [2.24, 2.45) is 11.8 Å². The van der Waals surface area contributed by atoms with Gasteiger partial charge in [-0.05, 0) is 37.8 Å². The average Bonchev–Trinajstić information content (AvgIpc) is 3.26. The Bertz CT molecular complexity index is 863. The molecular formula is C20H24ClN3O3S. The molecule has 0 aliphatic carbocycles. The molecule has 1 spiro atoms. The van der Waals surface area contributed by atoms with Gasteiger partial charge in [0.1, 0.15) is 5.54 Å². The van der Waals surface area contributed by atoms with E-state index in [4.69, 9.17) is 11.6 Å². The van der Waals surface area contributed by atoms with Crippen molar-refractivity contribution in [1.82, 2.24) is 10.2 Å². The highest BCUT2D eigenvalue weighted by Gasteiger charge is 2.70. The summed E-state index contributed by atoms with van der Waals surface area (Å²) in [5, 5.41) is 6.72. The number of nitrogens with zero attached hydrogens (tertiary/aromatic N) is 1. The number of thioether (sulfide) groups is 1. The monoisotopic (exact) mass is 421 g/mol. The van der Waals surface area contributed by atoms with Crippen LogP contribution in [0.25, 0.3) is 0 Å². The van der Waals surface area contributed by atoms with Crippen LogP contribution in [-0.4, -0.2) is 46.7 Å². The van der Waals surface area contributed by atoms with Gasteiger partial charge in [-0.3, -0.25) is 24.6 Å². The molecule has 0 bridgehead atoms. The predicted octanol–water partition coefficient (Wildman–Crippen LogP) is 2.61. The molecule has 3 aliphatic heterocycles. The molecule has 6 nitrogen and oxygen atoms in total. The maximum Gasteiger partial charge on any atom is 0.250 e. The molecule has 2 N–H and O–H groups in total. The van der Waals surface area contributed by atoms with E-state index >= 15 is 0 Å². The second-order valence-electron chi connectivity index (χ2n) is 7.76. The van der Waals surface area contributed by atoms with Gasteiger partial charge in [0.2, 0.25) is 17.7 Å². The molecule has 5 atom stereocenters. The van der Waals surface area contributed by atoms with Crippen LogP contribution in [0.15, 0.2) is 18.2 Å². The van der Waals surface area contributed by atoms with E-state index in [9.17, 15) is 14.4 Å². The minimum Gasteiger partial charge on any atom is -0.323 e. The van der Waals surface area contributed by atoms with E-state index in [0.717, 1.165) is 5.75 Å². The highest BCUT2D eigenvalue weighted by molar-refractivity contribution is 7.98. The highest BCUT2D eigenvalue weighted by Crippen LogP contribution is 2.54. The van der Waals surface area contributed by atoms with Gasteiger partial charge in [0.25, 0.3) is 0 Å². The molecule has 0 saturated carbocycles. The van der Waals surface area contributed by atoms with Gasteiger partial charge in [-0.2, -0.15) is 11.8 Å². The zero-order chi connectivity index (χ0) is 20.2. The number of imide groups is 1. The summed E-state index contributed by atoms with van der Waals surface area (Å²) in [6.45, 7) is 3.84. The van der Waals surface area contributed by atoms with Crippen LogP contribution in [0.5, 0.6) is 0 Å². The summed E-state index contributed by atoms with van der Waals surface area (Å²) >= 11 is 8.00. The van der Waals surface area contributed by atoms with Crippen LogP contribution in [0.3, 0.4) is 0 Å². The first-order valence-corrected chi connectivity index (χ1v) is 11.4. The molecule has 8 heteroatoms. The second-order valence-corrected chi connectivity index (χ2v) is 9.16. The normalized spacial score (nSPS) is 32.1. The summed E-state index contributed by atoms with van der Waals surface area (Å²) in [6.07, 6.45) is 3.40. The van der Waals surface area contributed by atoms with Crippen molar-refractivity contribution < 1.29 is 14.4 Å². The number of anilines is 1. The van der Waals surface area contributed by atoms with Crippen LogP contribution < -0.4 is 10.6 Å². The molecule has 1 aromatic carbocycles. The van der Waals surface area contributed by atoms with E-state index in [1.807, 2.05) is 26.2 Å². The summed E-state index contributed by atoms with van der Waals surface area (Å²) in [5.41, 5.74) is -0.0462. The number of hydrogen-bond acceptors (Lipinski definition) is 5. The lowest BCUT2D eigenvalue weighted by molar-refractivity contribution is -0.145. The molecule has 3 amide bonds. The zero-order valence-electron chi connectivity index (χ0n) is 16.1. The number of amides is 3. The molecule has 0 unspecified atom stereocenters. The number of para-hydroxylation sites is 1. The van der Waals surface area contributed by atoms with Gasteiger partial charge in [-0.15, -0.1) is 0 Å². The molecule has 1 aromatic rings. The second kappa shape index (κ2) is 7.04. The van der Waals surface area contributed by atoms with Crippen LogP contribution in [-0.2, 0) is 19.9 Å². The van der Waals surface area contributed by atoms with Crippen LogP contribution in [0.4, 0.5) is 5.69 Å². The van der Waals surface area contributed by atoms with Crippen molar-refractivity contribution in [2.45, 2.75) is 44.3 Å². The number of fused-ring (bicyclic) bond motifs is 4. The Morgan fingerprint density at radius 3 is 2.71 bits per heavy atom. The standard InChI is InChI=1S/C20H24ClN3O3S/c1-4-10(2)24-17(25)14-13(8-9-28-3)23-20(15(14)18(24)26)11-6-5-7-12(21)16(11)22-19(20)27/h5-7,10,13-15,23H,4,8-9H2,1-3H3,(H,22,27)/t10-,13-,14-,15-,20+/m0/s1. The third kappa shape index (κ3) is 2.49. The van der Waals surface area contributed by atoms with Crippen LogP contribution in [0.1, 0.15) is 32.3 Å². The largest absolute Gasteiger partial charge is 0.323 e. The Balaban J connectivity index is 1.86. The van der Waals surface area contributed by atoms with Crippen LogP contribution >= 0.6 is 23.4 Å². The molecule has 28 heavy (non-hydrogen) atoms. The Kier molecular flexibility index (Phi) is 4.96. The predicted molar refractivity (Wildman–Crippen MR) is 110 cm³/mol. The van der Waals surface area contributed by atoms with Crippen molar-refractivity contribution in [2.75, 3.05) is 17.3 Å². The summed E-state index contributed by atoms with van der Waals surface area (Å²) in [5.74, 6) is -1.17. The third-order valence-electron chi connectivity index (χ3n) is 6.40. The number of nitrogens with one attached hydrogen (secondary N) is 2. The van der Waals surface area contributed by atoms with Crippen molar-refractivity contribution in [3.8, 4) is 0 Å². The van der Waals surface area contributed by atoms with Gasteiger partial charge in [0.05, 0.1) is 22.5 Å². The van der Waals surface area contributed by atoms with Gasteiger partial charge in [0.15, 0.2) is 0 Å². The summed E-state index contributed by atoms with van der Waals surface area (Å²) < 4.78 is 0. The number of carbonyl (C=O) groups excluding carboxylic acids is 3. The van der Waals surface area contributed by atoms with Crippen molar-refractivity contribution in [3.05, 3.63) is 28.8 Å². The Morgan fingerprint density at radius 2 is 2.04 bits per heavy atom. The molecule has 2 saturated heterocycles. The number of hydrogen-bond donors (Lipinski definition) is 2. The molecule has 2 fully saturated rings. The maximum atomic E-state index is 13.5. The maximum absolute atomic E-state index is 13.5. The third-order valence-corrected chi connectivity index (χ3v) is 7.36. The number of rotatable bonds is 5. The number of likely N-dealkylation sites (tertiary alicyclic amines) is 1. The summed E-state index contributed by atoms with van der Waals surface area (Å²) in [6, 6.07) is 4.89. The zero-order valence-corrected chi connectivity index (χ0v) is 17.7. The first-order chi connectivity index (χ1) is 13.4. The summed E-state index contributed by atoms with van der Waals surface area (Å²) in [7, 11) is 0. The lowest BCUT2D eigenvalue weighted by Crippen LogP contribution is -2.54. The highest BCUT2D eigenvalue weighted by atomic mass is 35.5. The SMILES string of the molecule is CC[C@H](C)N1C(=O)[C@H]2[C@H](CCSC)N[C@@]3(C(=O)Nc4c(Cl)cccc43)[C@@H]2C1=O. The minimum absolute atomic E-state index is 0.164. The van der Waals surface area contributed by atoms with Crippen LogP contribution in [0, 0.1) is 11.8 Å². The van der Waals surface area contributed by atoms with Gasteiger partial charge in [0, 0.05) is 17.6 Å². The lowest BCUT2D eigenvalue weighted by atomic mass is 9.76. The molecular weight excluding hydrogens is 398 g/mol. The fourth-order valence-electron chi connectivity index (χ4n) is 4.93. The Hall–Kier alpha value is -1.57. The van der Waals surface area contributed by atoms with E-state index in [0.29, 0.717) is 29.1 Å². The molecule has 4 rings (SSSR count). The fraction of sp³-hybridized carbons (Fsp3) is 0.550. The van der Waals surface area contributed by atoms with Crippen LogP contribution in [0.2, 0.25) is 5.02 Å². The first kappa shape index (κ1) is 19.7. The van der Waals surface area contributed by atoms with Crippen molar-refractivity contribution >= 4 is 46.8 Å². The number of carbonyl (C=O) groups is 3. The quantitative estimate of drug-likeness (QED) is 0.714. The summed E-state index contributed by atoms with van der Waals surface area (Å²) in [4.78, 5) is 41.4. The van der Waals surface area contributed by atoms with E-state index < -0.39 is 17.4 Å². The smallest absolute Gasteiger partial charge is 0.250 e. The molecule has 150 valence electrons. The number of benzene rings is 1. The van der Waals surface area contributed by atoms with Gasteiger partial charge in [-0.25, -0.2) is 0 Å². The minimum atomic E-state index is -1.25. The van der Waals surface area contributed by atoms with E-state index in [2.05, 4.69) is 10.6 Å². The van der Waals surface area contributed by atoms with Gasteiger partial charge < -0.3 is 5.32 Å². The lowest BCUT2D eigenvalue weighted by Gasteiger charge is -2.31. The van der Waals surface area contributed by atoms with E-state index in [-0.39, 0.29) is 29.8 Å². The number of halogens is 1. The van der Waals surface area contributed by atoms with E-state index in [1.54, 1.807) is 23.9 Å². The van der Waals surface area contributed by atoms with Crippen molar-refractivity contribution in [1.29, 1.82) is 0 Å². The van der Waals surface area contributed by atoms with Gasteiger partial charge in [-0.1, -0.05) is 30.7 Å². The molecule has 3 heterocycles. The van der Waals surface area contributed by atoms with Gasteiger partial charge >= 0.3 is 0 Å². The van der Waals surface area contributed by atoms with Crippen molar-refractivity contribution in [3.63, 3.8) is 0 Å².